The first kappa shape index (κ1) is 14.5. The molecular formula is C13H20N2O3. The van der Waals surface area contributed by atoms with E-state index in [1.807, 2.05) is 0 Å². The topological polar surface area (TPSA) is 90.2 Å². The number of rotatable bonds is 7. The molecule has 5 heteroatoms. The van der Waals surface area contributed by atoms with Gasteiger partial charge in [-0.05, 0) is 25.7 Å². The molecule has 0 aromatic carbocycles. The molecule has 0 unspecified atom stereocenters. The molecule has 2 N–H and O–H groups in total. The highest BCUT2D eigenvalue weighted by Crippen LogP contribution is 2.37. The summed E-state index contributed by atoms with van der Waals surface area (Å²) < 4.78 is 0. The van der Waals surface area contributed by atoms with E-state index in [-0.39, 0.29) is 12.3 Å². The Bertz CT molecular complexity index is 341. The number of carbonyl (C=O) groups excluding carboxylic acids is 1. The van der Waals surface area contributed by atoms with Gasteiger partial charge < -0.3 is 10.4 Å². The van der Waals surface area contributed by atoms with Crippen molar-refractivity contribution < 1.29 is 14.7 Å². The number of unbranched alkanes of at least 4 members (excludes halogenated alkanes) is 2. The van der Waals surface area contributed by atoms with Crippen molar-refractivity contribution in [1.29, 1.82) is 5.26 Å². The van der Waals surface area contributed by atoms with E-state index in [4.69, 9.17) is 10.4 Å². The molecule has 0 bridgehead atoms. The molecule has 0 aliphatic heterocycles. The number of nitrogens with zero attached hydrogens (tertiary/aromatic N) is 1. The van der Waals surface area contributed by atoms with Gasteiger partial charge in [-0.3, -0.25) is 9.59 Å². The average molecular weight is 252 g/mol. The largest absolute Gasteiger partial charge is 0.481 e. The van der Waals surface area contributed by atoms with E-state index >= 15 is 0 Å². The molecule has 1 aliphatic carbocycles. The average Bonchev–Trinajstić information content (AvgIpc) is 2.83. The zero-order valence-corrected chi connectivity index (χ0v) is 10.6. The van der Waals surface area contributed by atoms with Crippen LogP contribution < -0.4 is 5.32 Å². The van der Waals surface area contributed by atoms with Crippen molar-refractivity contribution >= 4 is 11.9 Å². The van der Waals surface area contributed by atoms with Crippen molar-refractivity contribution in [3.8, 4) is 6.07 Å². The fraction of sp³-hybridized carbons (Fsp3) is 0.769. The molecule has 18 heavy (non-hydrogen) atoms. The smallest absolute Gasteiger partial charge is 0.303 e. The van der Waals surface area contributed by atoms with Crippen LogP contribution in [0.25, 0.3) is 0 Å². The summed E-state index contributed by atoms with van der Waals surface area (Å²) >= 11 is 0. The summed E-state index contributed by atoms with van der Waals surface area (Å²) in [5, 5.41) is 20.4. The second kappa shape index (κ2) is 7.00. The van der Waals surface area contributed by atoms with Crippen molar-refractivity contribution in [2.45, 2.75) is 51.4 Å². The predicted molar refractivity (Wildman–Crippen MR) is 65.6 cm³/mol. The maximum absolute atomic E-state index is 11.9. The van der Waals surface area contributed by atoms with Gasteiger partial charge in [0.05, 0.1) is 6.07 Å². The normalized spacial score (nSPS) is 17.1. The lowest BCUT2D eigenvalue weighted by Crippen LogP contribution is -2.38. The molecule has 0 radical (unpaired) electrons. The minimum Gasteiger partial charge on any atom is -0.481 e. The lowest BCUT2D eigenvalue weighted by atomic mass is 9.87. The van der Waals surface area contributed by atoms with E-state index in [0.717, 1.165) is 25.7 Å². The van der Waals surface area contributed by atoms with Crippen molar-refractivity contribution in [1.82, 2.24) is 5.32 Å². The number of nitriles is 1. The van der Waals surface area contributed by atoms with Crippen molar-refractivity contribution in [2.24, 2.45) is 5.41 Å². The Labute approximate surface area is 107 Å². The molecule has 1 saturated carbocycles. The number of aliphatic carboxylic acids is 1. The van der Waals surface area contributed by atoms with Crippen molar-refractivity contribution in [2.75, 3.05) is 6.54 Å². The van der Waals surface area contributed by atoms with E-state index in [9.17, 15) is 9.59 Å². The van der Waals surface area contributed by atoms with Gasteiger partial charge in [-0.2, -0.15) is 5.26 Å². The third-order valence-electron chi connectivity index (χ3n) is 3.46. The zero-order chi connectivity index (χ0) is 13.4. The predicted octanol–water partition coefficient (Wildman–Crippen LogP) is 1.83. The number of nitrogens with one attached hydrogen (secondary N) is 1. The SMILES string of the molecule is N#CC1(C(=O)NCCCCCC(=O)O)CCCC1. The maximum Gasteiger partial charge on any atom is 0.303 e. The number of carboxylic acids is 1. The molecule has 100 valence electrons. The molecule has 0 aromatic heterocycles. The van der Waals surface area contributed by atoms with E-state index in [1.54, 1.807) is 0 Å². The van der Waals surface area contributed by atoms with Crippen LogP contribution in [0.2, 0.25) is 0 Å². The quantitative estimate of drug-likeness (QED) is 0.676. The monoisotopic (exact) mass is 252 g/mol. The summed E-state index contributed by atoms with van der Waals surface area (Å²) in [5.74, 6) is -0.936. The number of amides is 1. The van der Waals surface area contributed by atoms with Gasteiger partial charge in [-0.1, -0.05) is 19.3 Å². The van der Waals surface area contributed by atoms with Gasteiger partial charge in [-0.15, -0.1) is 0 Å². The summed E-state index contributed by atoms with van der Waals surface area (Å²) in [6.45, 7) is 0.530. The van der Waals surface area contributed by atoms with E-state index < -0.39 is 11.4 Å². The summed E-state index contributed by atoms with van der Waals surface area (Å²) in [6, 6.07) is 2.15. The Balaban J connectivity index is 2.17. The third kappa shape index (κ3) is 4.02. The third-order valence-corrected chi connectivity index (χ3v) is 3.46. The Morgan fingerprint density at radius 3 is 2.44 bits per heavy atom. The molecule has 1 rings (SSSR count). The molecule has 1 aliphatic rings. The van der Waals surface area contributed by atoms with Crippen LogP contribution in [0.1, 0.15) is 51.4 Å². The van der Waals surface area contributed by atoms with Gasteiger partial charge in [-0.25, -0.2) is 0 Å². The van der Waals surface area contributed by atoms with Crippen LogP contribution in [0.3, 0.4) is 0 Å². The van der Waals surface area contributed by atoms with Crippen LogP contribution in [-0.2, 0) is 9.59 Å². The van der Waals surface area contributed by atoms with Crippen molar-refractivity contribution in [3.05, 3.63) is 0 Å². The van der Waals surface area contributed by atoms with E-state index in [0.29, 0.717) is 25.8 Å². The Hall–Kier alpha value is -1.57. The van der Waals surface area contributed by atoms with Crippen LogP contribution in [0.15, 0.2) is 0 Å². The fourth-order valence-corrected chi connectivity index (χ4v) is 2.32. The molecule has 5 nitrogen and oxygen atoms in total. The first-order valence-corrected chi connectivity index (χ1v) is 6.52. The maximum atomic E-state index is 11.9. The lowest BCUT2D eigenvalue weighted by Gasteiger charge is -2.19. The van der Waals surface area contributed by atoms with Crippen LogP contribution in [0.5, 0.6) is 0 Å². The Morgan fingerprint density at radius 2 is 1.89 bits per heavy atom. The van der Waals surface area contributed by atoms with Gasteiger partial charge in [0.1, 0.15) is 5.41 Å². The Morgan fingerprint density at radius 1 is 1.22 bits per heavy atom. The molecule has 0 heterocycles. The fourth-order valence-electron chi connectivity index (χ4n) is 2.32. The molecule has 1 amide bonds. The van der Waals surface area contributed by atoms with Gasteiger partial charge in [0.25, 0.3) is 0 Å². The first-order chi connectivity index (χ1) is 8.60. The molecular weight excluding hydrogens is 232 g/mol. The molecule has 0 atom stereocenters. The lowest BCUT2D eigenvalue weighted by molar-refractivity contribution is -0.137. The van der Waals surface area contributed by atoms with Crippen LogP contribution >= 0.6 is 0 Å². The highest BCUT2D eigenvalue weighted by molar-refractivity contribution is 5.85. The number of carboxylic acid groups (broad SMARTS) is 1. The van der Waals surface area contributed by atoms with Crippen LogP contribution in [0.4, 0.5) is 0 Å². The zero-order valence-electron chi connectivity index (χ0n) is 10.6. The van der Waals surface area contributed by atoms with Gasteiger partial charge in [0, 0.05) is 13.0 Å². The molecule has 0 saturated heterocycles. The number of hydrogen-bond acceptors (Lipinski definition) is 3. The molecule has 0 spiro atoms. The summed E-state index contributed by atoms with van der Waals surface area (Å²) in [5.41, 5.74) is -0.804. The van der Waals surface area contributed by atoms with Gasteiger partial charge >= 0.3 is 5.97 Å². The second-order valence-corrected chi connectivity index (χ2v) is 4.86. The van der Waals surface area contributed by atoms with E-state index in [1.165, 1.54) is 0 Å². The highest BCUT2D eigenvalue weighted by atomic mass is 16.4. The van der Waals surface area contributed by atoms with Crippen molar-refractivity contribution in [3.63, 3.8) is 0 Å². The minimum atomic E-state index is -0.804. The summed E-state index contributed by atoms with van der Waals surface area (Å²) in [6.07, 6.45) is 5.57. The molecule has 1 fully saturated rings. The van der Waals surface area contributed by atoms with E-state index in [2.05, 4.69) is 11.4 Å². The van der Waals surface area contributed by atoms with Crippen LogP contribution in [-0.4, -0.2) is 23.5 Å². The summed E-state index contributed by atoms with van der Waals surface area (Å²) in [7, 11) is 0. The first-order valence-electron chi connectivity index (χ1n) is 6.52. The minimum absolute atomic E-state index is 0.152. The number of carbonyl (C=O) groups is 2. The highest BCUT2D eigenvalue weighted by Gasteiger charge is 2.41. The molecule has 0 aromatic rings. The van der Waals surface area contributed by atoms with Crippen LogP contribution in [0, 0.1) is 16.7 Å². The standard InChI is InChI=1S/C13H20N2O3/c14-10-13(7-3-4-8-13)12(18)15-9-5-1-2-6-11(16)17/h1-9H2,(H,15,18)(H,16,17). The van der Waals surface area contributed by atoms with Gasteiger partial charge in [0.2, 0.25) is 5.91 Å². The van der Waals surface area contributed by atoms with Gasteiger partial charge in [0.15, 0.2) is 0 Å². The number of hydrogen-bond donors (Lipinski definition) is 2. The Kier molecular flexibility index (Phi) is 5.63. The summed E-state index contributed by atoms with van der Waals surface area (Å²) in [4.78, 5) is 22.2. The second-order valence-electron chi connectivity index (χ2n) is 4.86.